The Hall–Kier alpha value is -3.62. The largest absolute Gasteiger partial charge is 0.511 e. The Morgan fingerprint density at radius 1 is 0.943 bits per heavy atom. The van der Waals surface area contributed by atoms with Crippen LogP contribution in [0, 0.1) is 0 Å². The molecule has 1 atom stereocenters. The maximum atomic E-state index is 11.9. The van der Waals surface area contributed by atoms with Crippen molar-refractivity contribution in [3.8, 4) is 5.75 Å². The molecule has 4 aromatic rings. The summed E-state index contributed by atoms with van der Waals surface area (Å²) in [6.45, 7) is 3.07. The average Bonchev–Trinajstić information content (AvgIpc) is 2.85. The van der Waals surface area contributed by atoms with Gasteiger partial charge in [-0.3, -0.25) is 4.98 Å². The van der Waals surface area contributed by atoms with Crippen LogP contribution in [0.15, 0.2) is 67.1 Å². The zero-order valence-electron chi connectivity index (χ0n) is 18.9. The molecular formula is C25H22Cl2N4O4. The summed E-state index contributed by atoms with van der Waals surface area (Å²) < 4.78 is 16.1. The third kappa shape index (κ3) is 5.90. The maximum absolute atomic E-state index is 11.9. The second kappa shape index (κ2) is 11.2. The summed E-state index contributed by atoms with van der Waals surface area (Å²) in [6, 6.07) is 14.0. The molecule has 35 heavy (non-hydrogen) atoms. The maximum Gasteiger partial charge on any atom is 0.511 e. The Labute approximate surface area is 212 Å². The highest BCUT2D eigenvalue weighted by molar-refractivity contribution is 6.42. The van der Waals surface area contributed by atoms with E-state index in [9.17, 15) is 4.79 Å². The standard InChI is InChI=1S/C25H22Cl2N4O4/c1-15(2)35-25(32)34-14-33-23-18(10-9-16-6-4-11-28-21(16)23)22(31-24-29-12-5-13-30-24)17-7-3-8-19(26)20(17)27/h3-13,15,22H,14H2,1-2H3,(H,29,30,31). The molecule has 8 nitrogen and oxygen atoms in total. The van der Waals surface area contributed by atoms with Crippen LogP contribution < -0.4 is 10.1 Å². The highest BCUT2D eigenvalue weighted by atomic mass is 35.5. The number of hydrogen-bond acceptors (Lipinski definition) is 8. The molecule has 0 amide bonds. The van der Waals surface area contributed by atoms with Crippen molar-refractivity contribution < 1.29 is 19.0 Å². The van der Waals surface area contributed by atoms with E-state index >= 15 is 0 Å². The van der Waals surface area contributed by atoms with Gasteiger partial charge in [0.15, 0.2) is 5.75 Å². The molecule has 2 aromatic carbocycles. The number of ether oxygens (including phenoxy) is 3. The Balaban J connectivity index is 1.79. The first-order chi connectivity index (χ1) is 16.9. The van der Waals surface area contributed by atoms with Gasteiger partial charge < -0.3 is 19.5 Å². The summed E-state index contributed by atoms with van der Waals surface area (Å²) in [5.74, 6) is 0.766. The number of carbonyl (C=O) groups excluding carboxylic acids is 1. The van der Waals surface area contributed by atoms with Crippen molar-refractivity contribution in [3.63, 3.8) is 0 Å². The lowest BCUT2D eigenvalue weighted by molar-refractivity contribution is -0.00807. The van der Waals surface area contributed by atoms with E-state index < -0.39 is 12.2 Å². The molecule has 0 bridgehead atoms. The molecule has 4 rings (SSSR count). The topological polar surface area (TPSA) is 95.5 Å². The number of rotatable bonds is 8. The molecule has 0 aliphatic rings. The summed E-state index contributed by atoms with van der Waals surface area (Å²) in [6.07, 6.45) is 3.75. The van der Waals surface area contributed by atoms with E-state index in [1.165, 1.54) is 0 Å². The van der Waals surface area contributed by atoms with Gasteiger partial charge in [-0.15, -0.1) is 0 Å². The monoisotopic (exact) mass is 512 g/mol. The molecule has 0 spiro atoms. The first-order valence-electron chi connectivity index (χ1n) is 10.8. The molecule has 1 unspecified atom stereocenters. The molecule has 0 fully saturated rings. The van der Waals surface area contributed by atoms with Crippen molar-refractivity contribution in [1.29, 1.82) is 0 Å². The molecule has 2 aromatic heterocycles. The van der Waals surface area contributed by atoms with Gasteiger partial charge in [0.05, 0.1) is 22.2 Å². The molecule has 0 radical (unpaired) electrons. The average molecular weight is 513 g/mol. The van der Waals surface area contributed by atoms with Gasteiger partial charge in [0, 0.05) is 29.5 Å². The lowest BCUT2D eigenvalue weighted by Gasteiger charge is -2.24. The summed E-state index contributed by atoms with van der Waals surface area (Å²) in [5, 5.41) is 4.90. The van der Waals surface area contributed by atoms with Crippen molar-refractivity contribution >= 4 is 46.2 Å². The molecule has 0 aliphatic heterocycles. The van der Waals surface area contributed by atoms with Crippen LogP contribution in [0.5, 0.6) is 5.75 Å². The first kappa shape index (κ1) is 24.5. The van der Waals surface area contributed by atoms with E-state index in [1.807, 2.05) is 30.3 Å². The molecule has 2 heterocycles. The fourth-order valence-corrected chi connectivity index (χ4v) is 3.86. The lowest BCUT2D eigenvalue weighted by Crippen LogP contribution is -2.19. The van der Waals surface area contributed by atoms with Crippen LogP contribution in [0.3, 0.4) is 0 Å². The number of benzene rings is 2. The number of nitrogens with zero attached hydrogens (tertiary/aromatic N) is 3. The highest BCUT2D eigenvalue weighted by Gasteiger charge is 2.25. The van der Waals surface area contributed by atoms with Gasteiger partial charge in [-0.2, -0.15) is 0 Å². The molecular weight excluding hydrogens is 491 g/mol. The Morgan fingerprint density at radius 3 is 2.49 bits per heavy atom. The smallest absolute Gasteiger partial charge is 0.455 e. The van der Waals surface area contributed by atoms with Crippen LogP contribution >= 0.6 is 23.2 Å². The van der Waals surface area contributed by atoms with Crippen LogP contribution in [-0.2, 0) is 9.47 Å². The number of aromatic nitrogens is 3. The van der Waals surface area contributed by atoms with Crippen molar-refractivity contribution in [1.82, 2.24) is 15.0 Å². The van der Waals surface area contributed by atoms with E-state index in [1.54, 1.807) is 50.6 Å². The molecule has 0 aliphatic carbocycles. The molecule has 10 heteroatoms. The number of carbonyl (C=O) groups is 1. The summed E-state index contributed by atoms with van der Waals surface area (Å²) in [5.41, 5.74) is 1.91. The van der Waals surface area contributed by atoms with E-state index in [2.05, 4.69) is 20.3 Å². The van der Waals surface area contributed by atoms with Gasteiger partial charge >= 0.3 is 6.16 Å². The molecule has 0 saturated heterocycles. The van der Waals surface area contributed by atoms with Crippen LogP contribution in [0.1, 0.15) is 31.0 Å². The third-order valence-corrected chi connectivity index (χ3v) is 5.75. The number of hydrogen-bond donors (Lipinski definition) is 1. The van der Waals surface area contributed by atoms with Crippen LogP contribution in [-0.4, -0.2) is 34.0 Å². The van der Waals surface area contributed by atoms with Gasteiger partial charge in [-0.05, 0) is 37.6 Å². The van der Waals surface area contributed by atoms with E-state index in [0.717, 1.165) is 5.39 Å². The van der Waals surface area contributed by atoms with Gasteiger partial charge in [-0.25, -0.2) is 14.8 Å². The van der Waals surface area contributed by atoms with Gasteiger partial charge in [0.1, 0.15) is 5.52 Å². The minimum Gasteiger partial charge on any atom is -0.455 e. The van der Waals surface area contributed by atoms with Crippen LogP contribution in [0.2, 0.25) is 10.0 Å². The molecule has 0 saturated carbocycles. The fourth-order valence-electron chi connectivity index (χ4n) is 3.45. The number of halogens is 2. The molecule has 180 valence electrons. The quantitative estimate of drug-likeness (QED) is 0.213. The zero-order chi connectivity index (χ0) is 24.8. The number of anilines is 1. The van der Waals surface area contributed by atoms with Crippen molar-refractivity contribution in [2.75, 3.05) is 12.1 Å². The predicted octanol–water partition coefficient (Wildman–Crippen LogP) is 6.43. The van der Waals surface area contributed by atoms with E-state index in [-0.39, 0.29) is 12.9 Å². The lowest BCUT2D eigenvalue weighted by atomic mass is 9.96. The minimum absolute atomic E-state index is 0.318. The summed E-state index contributed by atoms with van der Waals surface area (Å²) >= 11 is 13.0. The normalized spacial score (nSPS) is 11.8. The second-order valence-corrected chi connectivity index (χ2v) is 8.46. The Morgan fingerprint density at radius 2 is 1.71 bits per heavy atom. The van der Waals surface area contributed by atoms with Gasteiger partial charge in [0.25, 0.3) is 0 Å². The summed E-state index contributed by atoms with van der Waals surface area (Å²) in [7, 11) is 0. The summed E-state index contributed by atoms with van der Waals surface area (Å²) in [4.78, 5) is 24.9. The zero-order valence-corrected chi connectivity index (χ0v) is 20.5. The van der Waals surface area contributed by atoms with Gasteiger partial charge in [-0.1, -0.05) is 53.5 Å². The Kier molecular flexibility index (Phi) is 7.84. The van der Waals surface area contributed by atoms with Crippen molar-refractivity contribution in [2.24, 2.45) is 0 Å². The van der Waals surface area contributed by atoms with Crippen molar-refractivity contribution in [2.45, 2.75) is 26.0 Å². The fraction of sp³-hybridized carbons (Fsp3) is 0.200. The number of fused-ring (bicyclic) bond motifs is 1. The second-order valence-electron chi connectivity index (χ2n) is 7.67. The number of pyridine rings is 1. The predicted molar refractivity (Wildman–Crippen MR) is 134 cm³/mol. The van der Waals surface area contributed by atoms with Gasteiger partial charge in [0.2, 0.25) is 12.7 Å². The highest BCUT2D eigenvalue weighted by Crippen LogP contribution is 2.40. The Bertz CT molecular complexity index is 1320. The third-order valence-electron chi connectivity index (χ3n) is 4.91. The van der Waals surface area contributed by atoms with Crippen molar-refractivity contribution in [3.05, 3.63) is 88.3 Å². The molecule has 1 N–H and O–H groups in total. The first-order valence-corrected chi connectivity index (χ1v) is 11.5. The van der Waals surface area contributed by atoms with Crippen LogP contribution in [0.4, 0.5) is 10.7 Å². The minimum atomic E-state index is -0.833. The van der Waals surface area contributed by atoms with E-state index in [0.29, 0.717) is 38.4 Å². The van der Waals surface area contributed by atoms with Crippen LogP contribution in [0.25, 0.3) is 10.9 Å². The van der Waals surface area contributed by atoms with E-state index in [4.69, 9.17) is 37.4 Å². The number of nitrogens with one attached hydrogen (secondary N) is 1. The SMILES string of the molecule is CC(C)OC(=O)OCOc1c(C(Nc2ncccn2)c2cccc(Cl)c2Cl)ccc2cccnc12.